The molecule has 0 aliphatic rings. The van der Waals surface area contributed by atoms with Crippen LogP contribution in [0.5, 0.6) is 0 Å². The normalized spacial score (nSPS) is 12.7. The molecular weight excluding hydrogens is 244 g/mol. The van der Waals surface area contributed by atoms with Crippen LogP contribution in [0.15, 0.2) is 16.3 Å². The number of hydrogen-bond acceptors (Lipinski definition) is 4. The Hall–Kier alpha value is -1.34. The summed E-state index contributed by atoms with van der Waals surface area (Å²) in [7, 11) is -3.55. The third-order valence-corrected chi connectivity index (χ3v) is 4.81. The van der Waals surface area contributed by atoms with E-state index in [4.69, 9.17) is 11.7 Å². The third kappa shape index (κ3) is 3.07. The highest BCUT2D eigenvalue weighted by Gasteiger charge is 2.18. The van der Waals surface area contributed by atoms with Crippen molar-refractivity contribution in [3.05, 3.63) is 17.0 Å². The van der Waals surface area contributed by atoms with E-state index < -0.39 is 10.0 Å². The fourth-order valence-electron chi connectivity index (χ4n) is 1.07. The second-order valence-corrected chi connectivity index (χ2v) is 6.19. The molecule has 1 N–H and O–H groups in total. The summed E-state index contributed by atoms with van der Waals surface area (Å²) in [6, 6.07) is 4.46. The highest BCUT2D eigenvalue weighted by molar-refractivity contribution is 7.91. The molecule has 1 aromatic heterocycles. The molecule has 0 saturated carbocycles. The average Bonchev–Trinajstić information content (AvgIpc) is 2.65. The van der Waals surface area contributed by atoms with Crippen LogP contribution in [0.3, 0.4) is 0 Å². The smallest absolute Gasteiger partial charge is 0.207 e. The van der Waals surface area contributed by atoms with Gasteiger partial charge in [-0.15, -0.1) is 23.7 Å². The summed E-state index contributed by atoms with van der Waals surface area (Å²) in [6.07, 6.45) is 5.42. The molecule has 0 amide bonds. The topological polar surface area (TPSA) is 70.0 Å². The maximum absolute atomic E-state index is 11.8. The minimum absolute atomic E-state index is 0.132. The van der Waals surface area contributed by atoms with Crippen LogP contribution in [-0.4, -0.2) is 14.5 Å². The molecule has 1 atom stereocenters. The molecule has 1 unspecified atom stereocenters. The van der Waals surface area contributed by atoms with Crippen LogP contribution in [0.25, 0.3) is 0 Å². The Morgan fingerprint density at radius 1 is 1.62 bits per heavy atom. The van der Waals surface area contributed by atoms with Gasteiger partial charge in [0.2, 0.25) is 10.0 Å². The SMILES string of the molecule is C#CCC(C)NS(=O)(=O)c1ccc(C#N)s1. The standard InChI is InChI=1S/C10H10N2O2S2/c1-3-4-8(2)12-16(13,14)10-6-5-9(7-11)15-10/h1,5-6,8,12H,4H2,2H3. The van der Waals surface area contributed by atoms with Crippen LogP contribution in [0.2, 0.25) is 0 Å². The molecule has 84 valence electrons. The van der Waals surface area contributed by atoms with E-state index in [1.807, 2.05) is 6.07 Å². The number of hydrogen-bond donors (Lipinski definition) is 1. The summed E-state index contributed by atoms with van der Waals surface area (Å²) < 4.78 is 26.1. The Morgan fingerprint density at radius 3 is 2.81 bits per heavy atom. The van der Waals surface area contributed by atoms with Crippen LogP contribution in [-0.2, 0) is 10.0 Å². The fourth-order valence-corrected chi connectivity index (χ4v) is 3.43. The maximum Gasteiger partial charge on any atom is 0.250 e. The number of nitrogens with one attached hydrogen (secondary N) is 1. The van der Waals surface area contributed by atoms with Crippen molar-refractivity contribution >= 4 is 21.4 Å². The summed E-state index contributed by atoms with van der Waals surface area (Å²) in [5.74, 6) is 2.38. The van der Waals surface area contributed by atoms with Crippen molar-refractivity contribution in [1.29, 1.82) is 5.26 Å². The van der Waals surface area contributed by atoms with Gasteiger partial charge in [-0.3, -0.25) is 0 Å². The first kappa shape index (κ1) is 12.7. The molecule has 0 aliphatic heterocycles. The molecule has 4 nitrogen and oxygen atoms in total. The molecule has 16 heavy (non-hydrogen) atoms. The summed E-state index contributed by atoms with van der Waals surface area (Å²) >= 11 is 0.937. The number of thiophene rings is 1. The second-order valence-electron chi connectivity index (χ2n) is 3.16. The first-order valence-electron chi connectivity index (χ1n) is 4.45. The van der Waals surface area contributed by atoms with Crippen LogP contribution in [0.4, 0.5) is 0 Å². The quantitative estimate of drug-likeness (QED) is 0.824. The van der Waals surface area contributed by atoms with Crippen LogP contribution >= 0.6 is 11.3 Å². The molecule has 0 aromatic carbocycles. The minimum atomic E-state index is -3.55. The lowest BCUT2D eigenvalue weighted by Crippen LogP contribution is -2.31. The number of nitriles is 1. The van der Waals surface area contributed by atoms with Crippen molar-refractivity contribution in [1.82, 2.24) is 4.72 Å². The summed E-state index contributed by atoms with van der Waals surface area (Å²) in [5.41, 5.74) is 0. The second kappa shape index (κ2) is 5.13. The van der Waals surface area contributed by atoms with Gasteiger partial charge in [-0.2, -0.15) is 5.26 Å². The molecule has 1 rings (SSSR count). The Labute approximate surface area is 99.0 Å². The summed E-state index contributed by atoms with van der Waals surface area (Å²) in [6.45, 7) is 1.69. The maximum atomic E-state index is 11.8. The lowest BCUT2D eigenvalue weighted by Gasteiger charge is -2.09. The van der Waals surface area contributed by atoms with Gasteiger partial charge in [0.05, 0.1) is 0 Å². The largest absolute Gasteiger partial charge is 0.250 e. The Balaban J connectivity index is 2.87. The predicted molar refractivity (Wildman–Crippen MR) is 62.3 cm³/mol. The van der Waals surface area contributed by atoms with Crippen molar-refractivity contribution in [2.24, 2.45) is 0 Å². The summed E-state index contributed by atoms with van der Waals surface area (Å²) in [5, 5.41) is 8.60. The van der Waals surface area contributed by atoms with Gasteiger partial charge in [0, 0.05) is 12.5 Å². The van der Waals surface area contributed by atoms with E-state index in [0.717, 1.165) is 11.3 Å². The van der Waals surface area contributed by atoms with Gasteiger partial charge in [0.1, 0.15) is 15.2 Å². The highest BCUT2D eigenvalue weighted by atomic mass is 32.2. The van der Waals surface area contributed by atoms with Crippen molar-refractivity contribution in [3.8, 4) is 18.4 Å². The van der Waals surface area contributed by atoms with Gasteiger partial charge in [-0.05, 0) is 19.1 Å². The predicted octanol–water partition coefficient (Wildman–Crippen LogP) is 1.31. The first-order chi connectivity index (χ1) is 7.49. The van der Waals surface area contributed by atoms with E-state index in [9.17, 15) is 8.42 Å². The van der Waals surface area contributed by atoms with Gasteiger partial charge in [0.25, 0.3) is 0 Å². The van der Waals surface area contributed by atoms with Crippen LogP contribution in [0, 0.1) is 23.7 Å². The molecule has 0 spiro atoms. The molecule has 0 bridgehead atoms. The van der Waals surface area contributed by atoms with Crippen LogP contribution < -0.4 is 4.72 Å². The third-order valence-electron chi connectivity index (χ3n) is 1.74. The van der Waals surface area contributed by atoms with Gasteiger partial charge in [-0.1, -0.05) is 0 Å². The zero-order valence-electron chi connectivity index (χ0n) is 8.60. The van der Waals surface area contributed by atoms with E-state index in [-0.39, 0.29) is 10.3 Å². The monoisotopic (exact) mass is 254 g/mol. The zero-order chi connectivity index (χ0) is 12.2. The molecule has 0 radical (unpaired) electrons. The van der Waals surface area contributed by atoms with Gasteiger partial charge < -0.3 is 0 Å². The van der Waals surface area contributed by atoms with Crippen molar-refractivity contribution in [2.45, 2.75) is 23.6 Å². The van der Waals surface area contributed by atoms with E-state index >= 15 is 0 Å². The molecule has 6 heteroatoms. The lowest BCUT2D eigenvalue weighted by molar-refractivity contribution is 0.565. The number of sulfonamides is 1. The average molecular weight is 254 g/mol. The summed E-state index contributed by atoms with van der Waals surface area (Å²) in [4.78, 5) is 0.366. The molecule has 1 aromatic rings. The fraction of sp³-hybridized carbons (Fsp3) is 0.300. The van der Waals surface area contributed by atoms with E-state index in [1.165, 1.54) is 12.1 Å². The molecule has 0 fully saturated rings. The minimum Gasteiger partial charge on any atom is -0.207 e. The number of nitrogens with zero attached hydrogens (tertiary/aromatic N) is 1. The molecule has 0 aliphatic carbocycles. The van der Waals surface area contributed by atoms with E-state index in [1.54, 1.807) is 6.92 Å². The van der Waals surface area contributed by atoms with Gasteiger partial charge in [-0.25, -0.2) is 13.1 Å². The lowest BCUT2D eigenvalue weighted by atomic mass is 10.3. The van der Waals surface area contributed by atoms with E-state index in [2.05, 4.69) is 10.6 Å². The van der Waals surface area contributed by atoms with Gasteiger partial charge in [0.15, 0.2) is 0 Å². The zero-order valence-corrected chi connectivity index (χ0v) is 10.2. The Morgan fingerprint density at radius 2 is 2.31 bits per heavy atom. The molecular formula is C10H10N2O2S2. The van der Waals surface area contributed by atoms with E-state index in [0.29, 0.717) is 11.3 Å². The Kier molecular flexibility index (Phi) is 4.08. The van der Waals surface area contributed by atoms with Crippen molar-refractivity contribution in [3.63, 3.8) is 0 Å². The molecule has 1 heterocycles. The van der Waals surface area contributed by atoms with Crippen molar-refractivity contribution in [2.75, 3.05) is 0 Å². The Bertz CT molecular complexity index is 546. The van der Waals surface area contributed by atoms with Gasteiger partial charge >= 0.3 is 0 Å². The van der Waals surface area contributed by atoms with Crippen LogP contribution in [0.1, 0.15) is 18.2 Å². The van der Waals surface area contributed by atoms with Crippen molar-refractivity contribution < 1.29 is 8.42 Å². The highest BCUT2D eigenvalue weighted by Crippen LogP contribution is 2.20. The number of rotatable bonds is 4. The number of terminal acetylenes is 1. The first-order valence-corrected chi connectivity index (χ1v) is 6.75. The molecule has 0 saturated heterocycles.